The van der Waals surface area contributed by atoms with Gasteiger partial charge >= 0.3 is 0 Å². The summed E-state index contributed by atoms with van der Waals surface area (Å²) < 4.78 is 1.66. The van der Waals surface area contributed by atoms with Crippen LogP contribution < -0.4 is 16.0 Å². The Labute approximate surface area is 213 Å². The first kappa shape index (κ1) is 23.4. The summed E-state index contributed by atoms with van der Waals surface area (Å²) >= 11 is 6.32. The SMILES string of the molecule is CC1=C(C(=O)Nc2ccccc2)C(c2cccc(Cl)c2)n2ncc(C(=O)Nc3ccc(C)cc3)c2N1. The van der Waals surface area contributed by atoms with Gasteiger partial charge in [0.15, 0.2) is 0 Å². The average molecular weight is 498 g/mol. The van der Waals surface area contributed by atoms with Crippen molar-refractivity contribution in [1.82, 2.24) is 9.78 Å². The van der Waals surface area contributed by atoms with Crippen LogP contribution in [-0.4, -0.2) is 21.6 Å². The second kappa shape index (κ2) is 9.71. The normalized spacial score (nSPS) is 14.6. The summed E-state index contributed by atoms with van der Waals surface area (Å²) in [5.41, 5.74) is 4.69. The van der Waals surface area contributed by atoms with Gasteiger partial charge in [-0.2, -0.15) is 5.10 Å². The molecule has 1 atom stereocenters. The number of rotatable bonds is 5. The van der Waals surface area contributed by atoms with Gasteiger partial charge in [0.05, 0.1) is 11.8 Å². The number of amides is 2. The highest BCUT2D eigenvalue weighted by Crippen LogP contribution is 2.38. The van der Waals surface area contributed by atoms with Crippen molar-refractivity contribution in [2.24, 2.45) is 0 Å². The van der Waals surface area contributed by atoms with E-state index in [-0.39, 0.29) is 11.8 Å². The van der Waals surface area contributed by atoms with Gasteiger partial charge in [-0.15, -0.1) is 0 Å². The number of nitrogens with one attached hydrogen (secondary N) is 3. The number of para-hydroxylation sites is 1. The summed E-state index contributed by atoms with van der Waals surface area (Å²) in [6, 6.07) is 23.5. The summed E-state index contributed by atoms with van der Waals surface area (Å²) in [5.74, 6) is -0.0798. The third-order valence-electron chi connectivity index (χ3n) is 6.02. The first-order valence-corrected chi connectivity index (χ1v) is 11.8. The van der Waals surface area contributed by atoms with Gasteiger partial charge in [-0.05, 0) is 55.8 Å². The van der Waals surface area contributed by atoms with Crippen LogP contribution in [0.1, 0.15) is 34.5 Å². The molecule has 2 amide bonds. The van der Waals surface area contributed by atoms with E-state index in [1.54, 1.807) is 16.8 Å². The van der Waals surface area contributed by atoms with Crippen molar-refractivity contribution < 1.29 is 9.59 Å². The van der Waals surface area contributed by atoms with E-state index in [0.29, 0.717) is 39.0 Å². The lowest BCUT2D eigenvalue weighted by molar-refractivity contribution is -0.113. The number of carbonyl (C=O) groups is 2. The first-order valence-electron chi connectivity index (χ1n) is 11.5. The predicted octanol–water partition coefficient (Wildman–Crippen LogP) is 6.02. The van der Waals surface area contributed by atoms with Gasteiger partial charge in [-0.3, -0.25) is 9.59 Å². The van der Waals surface area contributed by atoms with Gasteiger partial charge in [0.25, 0.3) is 11.8 Å². The van der Waals surface area contributed by atoms with E-state index in [4.69, 9.17) is 11.6 Å². The number of anilines is 3. The van der Waals surface area contributed by atoms with E-state index in [1.807, 2.05) is 80.6 Å². The van der Waals surface area contributed by atoms with Crippen molar-refractivity contribution in [3.63, 3.8) is 0 Å². The minimum Gasteiger partial charge on any atom is -0.343 e. The number of allylic oxidation sites excluding steroid dienone is 1. The molecule has 5 rings (SSSR count). The number of hydrogen-bond acceptors (Lipinski definition) is 4. The molecule has 1 aromatic heterocycles. The van der Waals surface area contributed by atoms with Crippen LogP contribution in [0.2, 0.25) is 5.02 Å². The molecular formula is C28H24ClN5O2. The quantitative estimate of drug-likeness (QED) is 0.314. The highest BCUT2D eigenvalue weighted by atomic mass is 35.5. The van der Waals surface area contributed by atoms with Gasteiger partial charge in [0, 0.05) is 22.1 Å². The highest BCUT2D eigenvalue weighted by molar-refractivity contribution is 6.30. The zero-order valence-corrected chi connectivity index (χ0v) is 20.5. The molecule has 7 nitrogen and oxygen atoms in total. The zero-order chi connectivity index (χ0) is 25.2. The van der Waals surface area contributed by atoms with E-state index in [0.717, 1.165) is 11.1 Å². The van der Waals surface area contributed by atoms with Crippen LogP contribution in [0, 0.1) is 6.92 Å². The van der Waals surface area contributed by atoms with Crippen molar-refractivity contribution in [3.8, 4) is 0 Å². The van der Waals surface area contributed by atoms with Gasteiger partial charge in [0.2, 0.25) is 0 Å². The van der Waals surface area contributed by atoms with Crippen molar-refractivity contribution >= 4 is 40.6 Å². The molecular weight excluding hydrogens is 474 g/mol. The lowest BCUT2D eigenvalue weighted by Gasteiger charge is -2.30. The zero-order valence-electron chi connectivity index (χ0n) is 19.7. The fourth-order valence-electron chi connectivity index (χ4n) is 4.26. The maximum atomic E-state index is 13.5. The molecule has 0 saturated heterocycles. The fourth-order valence-corrected chi connectivity index (χ4v) is 4.45. The molecule has 0 saturated carbocycles. The minimum atomic E-state index is -0.593. The molecule has 4 aromatic rings. The van der Waals surface area contributed by atoms with E-state index in [2.05, 4.69) is 21.0 Å². The molecule has 1 aliphatic heterocycles. The van der Waals surface area contributed by atoms with Gasteiger partial charge in [0.1, 0.15) is 17.4 Å². The summed E-state index contributed by atoms with van der Waals surface area (Å²) in [6.07, 6.45) is 1.51. The van der Waals surface area contributed by atoms with Gasteiger partial charge in [-0.1, -0.05) is 59.6 Å². The Morgan fingerprint density at radius 2 is 1.58 bits per heavy atom. The summed E-state index contributed by atoms with van der Waals surface area (Å²) in [5, 5.41) is 14.2. The molecule has 0 fully saturated rings. The molecule has 180 valence electrons. The molecule has 8 heteroatoms. The summed E-state index contributed by atoms with van der Waals surface area (Å²) in [4.78, 5) is 26.7. The fraction of sp³-hybridized carbons (Fsp3) is 0.107. The molecule has 36 heavy (non-hydrogen) atoms. The summed E-state index contributed by atoms with van der Waals surface area (Å²) in [6.45, 7) is 3.80. The van der Waals surface area contributed by atoms with Crippen LogP contribution in [0.5, 0.6) is 0 Å². The predicted molar refractivity (Wildman–Crippen MR) is 142 cm³/mol. The number of aromatic nitrogens is 2. The highest BCUT2D eigenvalue weighted by Gasteiger charge is 2.35. The van der Waals surface area contributed by atoms with Crippen molar-refractivity contribution in [2.45, 2.75) is 19.9 Å². The van der Waals surface area contributed by atoms with Crippen LogP contribution in [-0.2, 0) is 4.79 Å². The maximum absolute atomic E-state index is 13.5. The molecule has 0 bridgehead atoms. The van der Waals surface area contributed by atoms with Crippen LogP contribution in [0.4, 0.5) is 17.2 Å². The Kier molecular flexibility index (Phi) is 6.31. The van der Waals surface area contributed by atoms with Crippen molar-refractivity contribution in [2.75, 3.05) is 16.0 Å². The standard InChI is InChI=1S/C28H24ClN5O2/c1-17-11-13-22(14-12-17)32-27(35)23-16-30-34-25(19-7-6-8-20(29)15-19)24(18(2)31-26(23)34)28(36)33-21-9-4-3-5-10-21/h3-16,25,31H,1-2H3,(H,32,35)(H,33,36). The number of aryl methyl sites for hydroxylation is 1. The number of carbonyl (C=O) groups excluding carboxylic acids is 2. The lowest BCUT2D eigenvalue weighted by atomic mass is 9.94. The molecule has 0 radical (unpaired) electrons. The molecule has 3 aromatic carbocycles. The topological polar surface area (TPSA) is 88.0 Å². The van der Waals surface area contributed by atoms with Crippen LogP contribution in [0.3, 0.4) is 0 Å². The summed E-state index contributed by atoms with van der Waals surface area (Å²) in [7, 11) is 0. The molecule has 0 aliphatic carbocycles. The third-order valence-corrected chi connectivity index (χ3v) is 6.25. The van der Waals surface area contributed by atoms with E-state index in [1.165, 1.54) is 6.20 Å². The van der Waals surface area contributed by atoms with Crippen LogP contribution >= 0.6 is 11.6 Å². The first-order chi connectivity index (χ1) is 17.4. The molecule has 0 spiro atoms. The number of benzene rings is 3. The Hall–Kier alpha value is -4.36. The number of halogens is 1. The van der Waals surface area contributed by atoms with Crippen LogP contribution in [0.25, 0.3) is 0 Å². The van der Waals surface area contributed by atoms with E-state index >= 15 is 0 Å². The van der Waals surface area contributed by atoms with Gasteiger partial charge in [-0.25, -0.2) is 4.68 Å². The second-order valence-corrected chi connectivity index (χ2v) is 9.05. The lowest BCUT2D eigenvalue weighted by Crippen LogP contribution is -2.32. The molecule has 2 heterocycles. The second-order valence-electron chi connectivity index (χ2n) is 8.61. The Balaban J connectivity index is 1.54. The van der Waals surface area contributed by atoms with E-state index < -0.39 is 6.04 Å². The Morgan fingerprint density at radius 3 is 2.31 bits per heavy atom. The molecule has 1 unspecified atom stereocenters. The molecule has 3 N–H and O–H groups in total. The molecule has 1 aliphatic rings. The Bertz CT molecular complexity index is 1480. The average Bonchev–Trinajstić information content (AvgIpc) is 3.28. The third kappa shape index (κ3) is 4.61. The van der Waals surface area contributed by atoms with E-state index in [9.17, 15) is 9.59 Å². The minimum absolute atomic E-state index is 0.275. The number of hydrogen-bond donors (Lipinski definition) is 3. The smallest absolute Gasteiger partial charge is 0.261 e. The maximum Gasteiger partial charge on any atom is 0.261 e. The number of nitrogens with zero attached hydrogens (tertiary/aromatic N) is 2. The van der Waals surface area contributed by atoms with Crippen LogP contribution in [0.15, 0.2) is 96.3 Å². The largest absolute Gasteiger partial charge is 0.343 e. The van der Waals surface area contributed by atoms with Crippen molar-refractivity contribution in [1.29, 1.82) is 0 Å². The van der Waals surface area contributed by atoms with Gasteiger partial charge < -0.3 is 16.0 Å². The van der Waals surface area contributed by atoms with Crippen molar-refractivity contribution in [3.05, 3.63) is 118 Å². The monoisotopic (exact) mass is 497 g/mol. The number of fused-ring (bicyclic) bond motifs is 1. The Morgan fingerprint density at radius 1 is 0.889 bits per heavy atom.